The summed E-state index contributed by atoms with van der Waals surface area (Å²) in [5, 5.41) is 0. The van der Waals surface area contributed by atoms with Crippen molar-refractivity contribution in [2.24, 2.45) is 0 Å². The lowest BCUT2D eigenvalue weighted by Crippen LogP contribution is -2.22. The number of hydrogen-bond acceptors (Lipinski definition) is 1. The van der Waals surface area contributed by atoms with Crippen LogP contribution < -0.4 is 4.90 Å². The third kappa shape index (κ3) is 1.74. The Labute approximate surface area is 90.7 Å². The van der Waals surface area contributed by atoms with Gasteiger partial charge in [-0.1, -0.05) is 25.1 Å². The van der Waals surface area contributed by atoms with Crippen LogP contribution in [0.1, 0.15) is 24.8 Å². The van der Waals surface area contributed by atoms with Crippen LogP contribution in [0.5, 0.6) is 0 Å². The van der Waals surface area contributed by atoms with Crippen LogP contribution in [0, 0.1) is 0 Å². The first kappa shape index (κ1) is 9.85. The highest BCUT2D eigenvalue weighted by atomic mass is 35.5. The number of nitrogens with zero attached hydrogens (tertiary/aromatic N) is 1. The molecule has 0 saturated heterocycles. The van der Waals surface area contributed by atoms with E-state index < -0.39 is 0 Å². The van der Waals surface area contributed by atoms with E-state index in [4.69, 9.17) is 11.6 Å². The Kier molecular flexibility index (Phi) is 2.97. The molecule has 1 nitrogen and oxygen atoms in total. The molecule has 0 spiro atoms. The Hall–Kier alpha value is -0.690. The van der Waals surface area contributed by atoms with Crippen LogP contribution in [0.3, 0.4) is 0 Å². The van der Waals surface area contributed by atoms with Gasteiger partial charge in [0.2, 0.25) is 0 Å². The first-order chi connectivity index (χ1) is 6.83. The van der Waals surface area contributed by atoms with Crippen molar-refractivity contribution < 1.29 is 0 Å². The van der Waals surface area contributed by atoms with Crippen molar-refractivity contribution in [3.63, 3.8) is 0 Å². The van der Waals surface area contributed by atoms with E-state index in [9.17, 15) is 0 Å². The fourth-order valence-electron chi connectivity index (χ4n) is 2.18. The molecule has 0 radical (unpaired) electrons. The Bertz CT molecular complexity index is 311. The van der Waals surface area contributed by atoms with Gasteiger partial charge in [-0.3, -0.25) is 0 Å². The minimum absolute atomic E-state index is 0.668. The zero-order valence-corrected chi connectivity index (χ0v) is 9.30. The summed E-state index contributed by atoms with van der Waals surface area (Å²) in [6.45, 7) is 4.53. The van der Waals surface area contributed by atoms with Gasteiger partial charge >= 0.3 is 0 Å². The van der Waals surface area contributed by atoms with Crippen molar-refractivity contribution in [3.05, 3.63) is 29.8 Å². The molecule has 2 rings (SSSR count). The SMILES string of the molecule is CC1CN(CCCCl)c2ccccc21. The highest BCUT2D eigenvalue weighted by molar-refractivity contribution is 6.17. The second-order valence-corrected chi connectivity index (χ2v) is 4.33. The van der Waals surface area contributed by atoms with Crippen LogP contribution in [0.2, 0.25) is 0 Å². The first-order valence-electron chi connectivity index (χ1n) is 5.22. The normalized spacial score (nSPS) is 19.9. The van der Waals surface area contributed by atoms with Gasteiger partial charge in [0.05, 0.1) is 0 Å². The van der Waals surface area contributed by atoms with Gasteiger partial charge < -0.3 is 4.90 Å². The summed E-state index contributed by atoms with van der Waals surface area (Å²) >= 11 is 5.72. The van der Waals surface area contributed by atoms with E-state index in [0.29, 0.717) is 5.92 Å². The van der Waals surface area contributed by atoms with E-state index in [1.807, 2.05) is 0 Å². The molecule has 0 aromatic heterocycles. The van der Waals surface area contributed by atoms with Crippen LogP contribution >= 0.6 is 11.6 Å². The number of rotatable bonds is 3. The summed E-state index contributed by atoms with van der Waals surface area (Å²) in [4.78, 5) is 2.45. The fraction of sp³-hybridized carbons (Fsp3) is 0.500. The minimum atomic E-state index is 0.668. The number of benzene rings is 1. The molecule has 1 aliphatic rings. The molecule has 1 unspecified atom stereocenters. The smallest absolute Gasteiger partial charge is 0.0402 e. The summed E-state index contributed by atoms with van der Waals surface area (Å²) in [5.41, 5.74) is 2.90. The van der Waals surface area contributed by atoms with E-state index >= 15 is 0 Å². The van der Waals surface area contributed by atoms with E-state index in [2.05, 4.69) is 36.1 Å². The maximum absolute atomic E-state index is 5.72. The summed E-state index contributed by atoms with van der Waals surface area (Å²) in [6, 6.07) is 8.69. The van der Waals surface area contributed by atoms with Crippen molar-refractivity contribution >= 4 is 17.3 Å². The van der Waals surface area contributed by atoms with Crippen molar-refractivity contribution in [3.8, 4) is 0 Å². The number of fused-ring (bicyclic) bond motifs is 1. The standard InChI is InChI=1S/C12H16ClN/c1-10-9-14(8-4-7-13)12-6-3-2-5-11(10)12/h2-3,5-6,10H,4,7-9H2,1H3. The van der Waals surface area contributed by atoms with Crippen LogP contribution in [0.4, 0.5) is 5.69 Å². The van der Waals surface area contributed by atoms with Crippen molar-refractivity contribution in [1.82, 2.24) is 0 Å². The fourth-order valence-corrected chi connectivity index (χ4v) is 2.30. The van der Waals surface area contributed by atoms with Crippen molar-refractivity contribution in [1.29, 1.82) is 0 Å². The lowest BCUT2D eigenvalue weighted by Gasteiger charge is -2.18. The molecule has 1 heterocycles. The Morgan fingerprint density at radius 1 is 1.43 bits per heavy atom. The second kappa shape index (κ2) is 4.22. The number of anilines is 1. The molecule has 0 bridgehead atoms. The van der Waals surface area contributed by atoms with Gasteiger partial charge in [-0.05, 0) is 18.1 Å². The predicted octanol–water partition coefficient (Wildman–Crippen LogP) is 3.24. The molecule has 1 aliphatic heterocycles. The summed E-state index contributed by atoms with van der Waals surface area (Å²) in [7, 11) is 0. The maximum atomic E-state index is 5.72. The number of hydrogen-bond donors (Lipinski definition) is 0. The quantitative estimate of drug-likeness (QED) is 0.691. The van der Waals surface area contributed by atoms with Gasteiger partial charge in [0, 0.05) is 30.6 Å². The molecule has 14 heavy (non-hydrogen) atoms. The van der Waals surface area contributed by atoms with Crippen LogP contribution in [0.15, 0.2) is 24.3 Å². The largest absolute Gasteiger partial charge is 0.371 e. The van der Waals surface area contributed by atoms with Crippen molar-refractivity contribution in [2.75, 3.05) is 23.9 Å². The van der Waals surface area contributed by atoms with Crippen LogP contribution in [-0.2, 0) is 0 Å². The monoisotopic (exact) mass is 209 g/mol. The van der Waals surface area contributed by atoms with E-state index in [1.165, 1.54) is 11.3 Å². The van der Waals surface area contributed by atoms with Gasteiger partial charge in [-0.25, -0.2) is 0 Å². The molecule has 76 valence electrons. The van der Waals surface area contributed by atoms with Gasteiger partial charge in [-0.15, -0.1) is 11.6 Å². The second-order valence-electron chi connectivity index (χ2n) is 3.95. The molecular weight excluding hydrogens is 194 g/mol. The molecule has 1 aromatic rings. The molecule has 0 saturated carbocycles. The zero-order chi connectivity index (χ0) is 9.97. The molecule has 0 aliphatic carbocycles. The Balaban J connectivity index is 2.17. The van der Waals surface area contributed by atoms with E-state index in [-0.39, 0.29) is 0 Å². The van der Waals surface area contributed by atoms with Gasteiger partial charge in [0.15, 0.2) is 0 Å². The van der Waals surface area contributed by atoms with Crippen LogP contribution in [-0.4, -0.2) is 19.0 Å². The topological polar surface area (TPSA) is 3.24 Å². The van der Waals surface area contributed by atoms with Gasteiger partial charge in [0.1, 0.15) is 0 Å². The first-order valence-corrected chi connectivity index (χ1v) is 5.76. The van der Waals surface area contributed by atoms with E-state index in [1.54, 1.807) is 0 Å². The lowest BCUT2D eigenvalue weighted by atomic mass is 10.0. The highest BCUT2D eigenvalue weighted by Gasteiger charge is 2.23. The minimum Gasteiger partial charge on any atom is -0.371 e. The number of alkyl halides is 1. The number of halogens is 1. The van der Waals surface area contributed by atoms with Gasteiger partial charge in [-0.2, -0.15) is 0 Å². The molecule has 1 aromatic carbocycles. The van der Waals surface area contributed by atoms with Gasteiger partial charge in [0.25, 0.3) is 0 Å². The molecule has 2 heteroatoms. The van der Waals surface area contributed by atoms with Crippen LogP contribution in [0.25, 0.3) is 0 Å². The third-order valence-electron chi connectivity index (χ3n) is 2.86. The van der Waals surface area contributed by atoms with Crippen molar-refractivity contribution in [2.45, 2.75) is 19.3 Å². The highest BCUT2D eigenvalue weighted by Crippen LogP contribution is 2.35. The zero-order valence-electron chi connectivity index (χ0n) is 8.54. The summed E-state index contributed by atoms with van der Waals surface area (Å²) < 4.78 is 0. The Morgan fingerprint density at radius 2 is 2.21 bits per heavy atom. The third-order valence-corrected chi connectivity index (χ3v) is 3.13. The average Bonchev–Trinajstić information content (AvgIpc) is 2.54. The molecular formula is C12H16ClN. The lowest BCUT2D eigenvalue weighted by molar-refractivity contribution is 0.733. The maximum Gasteiger partial charge on any atom is 0.0402 e. The molecule has 0 amide bonds. The van der Waals surface area contributed by atoms with E-state index in [0.717, 1.165) is 25.4 Å². The average molecular weight is 210 g/mol. The predicted molar refractivity (Wildman–Crippen MR) is 62.4 cm³/mol. The summed E-state index contributed by atoms with van der Waals surface area (Å²) in [6.07, 6.45) is 1.07. The Morgan fingerprint density at radius 3 is 3.00 bits per heavy atom. The molecule has 0 N–H and O–H groups in total. The molecule has 1 atom stereocenters. The number of para-hydroxylation sites is 1. The molecule has 0 fully saturated rings. The summed E-state index contributed by atoms with van der Waals surface area (Å²) in [5.74, 6) is 1.43.